The smallest absolute Gasteiger partial charge is 0.139 e. The van der Waals surface area contributed by atoms with Crippen molar-refractivity contribution in [1.82, 2.24) is 0 Å². The Bertz CT molecular complexity index is 449. The minimum absolute atomic E-state index is 0.688. The van der Waals surface area contributed by atoms with Crippen molar-refractivity contribution in [1.29, 1.82) is 0 Å². The van der Waals surface area contributed by atoms with E-state index in [1.54, 1.807) is 6.07 Å². The van der Waals surface area contributed by atoms with Crippen LogP contribution in [0.2, 0.25) is 5.02 Å². The van der Waals surface area contributed by atoms with E-state index in [2.05, 4.69) is 12.2 Å². The Balaban J connectivity index is 1.94. The summed E-state index contributed by atoms with van der Waals surface area (Å²) in [4.78, 5) is 1.17. The fraction of sp³-hybridized carbons (Fsp3) is 0.0769. The molecule has 0 saturated heterocycles. The summed E-state index contributed by atoms with van der Waals surface area (Å²) in [7, 11) is 0. The van der Waals surface area contributed by atoms with Gasteiger partial charge in [-0.15, -0.1) is 0 Å². The van der Waals surface area contributed by atoms with Crippen molar-refractivity contribution in [2.45, 2.75) is 6.42 Å². The van der Waals surface area contributed by atoms with Crippen molar-refractivity contribution in [2.24, 2.45) is 0 Å². The normalized spacial score (nSPS) is 14.4. The lowest BCUT2D eigenvalue weighted by Crippen LogP contribution is -1.83. The average molecular weight is 251 g/mol. The fourth-order valence-corrected chi connectivity index (χ4v) is 2.03. The second-order valence-electron chi connectivity index (χ2n) is 3.27. The average Bonchev–Trinajstić information content (AvgIpc) is 2.55. The molecule has 1 aromatic carbocycles. The molecule has 2 rings (SSSR count). The van der Waals surface area contributed by atoms with Crippen LogP contribution in [-0.4, -0.2) is 0 Å². The maximum absolute atomic E-state index is 5.87. The molecule has 0 atom stereocenters. The number of allylic oxidation sites excluding steroid dienone is 6. The summed E-state index contributed by atoms with van der Waals surface area (Å²) in [6, 6.07) is 7.40. The van der Waals surface area contributed by atoms with Gasteiger partial charge in [-0.1, -0.05) is 42.0 Å². The Hall–Kier alpha value is -1.12. The lowest BCUT2D eigenvalue weighted by atomic mass is 10.3. The van der Waals surface area contributed by atoms with E-state index >= 15 is 0 Å². The largest absolute Gasteiger partial charge is 0.421 e. The molecule has 1 nitrogen and oxygen atoms in total. The van der Waals surface area contributed by atoms with Gasteiger partial charge in [-0.3, -0.25) is 0 Å². The van der Waals surface area contributed by atoms with Crippen molar-refractivity contribution in [2.75, 3.05) is 0 Å². The van der Waals surface area contributed by atoms with E-state index in [1.165, 1.54) is 16.9 Å². The molecule has 1 aromatic rings. The molecule has 1 aliphatic rings. The first-order valence-electron chi connectivity index (χ1n) is 4.97. The van der Waals surface area contributed by atoms with E-state index in [0.29, 0.717) is 5.02 Å². The van der Waals surface area contributed by atoms with Gasteiger partial charge >= 0.3 is 0 Å². The maximum atomic E-state index is 5.87. The molecule has 0 amide bonds. The van der Waals surface area contributed by atoms with Gasteiger partial charge in [0.05, 0.1) is 12.0 Å². The van der Waals surface area contributed by atoms with E-state index in [4.69, 9.17) is 15.8 Å². The first-order chi connectivity index (χ1) is 7.84. The van der Waals surface area contributed by atoms with Crippen molar-refractivity contribution < 1.29 is 4.18 Å². The van der Waals surface area contributed by atoms with Gasteiger partial charge in [-0.05, 0) is 24.6 Å². The van der Waals surface area contributed by atoms with Crippen LogP contribution in [0.3, 0.4) is 0 Å². The standard InChI is InChI=1S/C13H11ClOS/c14-11-6-5-7-12(10-11)15-16-13-8-3-1-2-4-9-13/h1-8,10H,9H2. The van der Waals surface area contributed by atoms with Crippen LogP contribution >= 0.6 is 23.6 Å². The molecular weight excluding hydrogens is 240 g/mol. The van der Waals surface area contributed by atoms with Crippen molar-refractivity contribution in [3.63, 3.8) is 0 Å². The summed E-state index contributed by atoms with van der Waals surface area (Å²) >= 11 is 7.24. The zero-order chi connectivity index (χ0) is 11.2. The topological polar surface area (TPSA) is 9.23 Å². The van der Waals surface area contributed by atoms with E-state index in [-0.39, 0.29) is 0 Å². The number of hydrogen-bond acceptors (Lipinski definition) is 2. The second-order valence-corrected chi connectivity index (χ2v) is 4.57. The summed E-state index contributed by atoms with van der Waals surface area (Å²) in [5.74, 6) is 0.774. The summed E-state index contributed by atoms with van der Waals surface area (Å²) in [5.41, 5.74) is 0. The zero-order valence-electron chi connectivity index (χ0n) is 8.60. The molecule has 0 N–H and O–H groups in total. The Morgan fingerprint density at radius 2 is 2.12 bits per heavy atom. The third-order valence-electron chi connectivity index (χ3n) is 2.00. The molecule has 0 heterocycles. The zero-order valence-corrected chi connectivity index (χ0v) is 10.2. The van der Waals surface area contributed by atoms with Gasteiger partial charge in [0.25, 0.3) is 0 Å². The van der Waals surface area contributed by atoms with Crippen LogP contribution in [0.25, 0.3) is 0 Å². The predicted octanol–water partition coefficient (Wildman–Crippen LogP) is 4.77. The van der Waals surface area contributed by atoms with Gasteiger partial charge in [0, 0.05) is 16.0 Å². The third-order valence-corrected chi connectivity index (χ3v) is 3.03. The van der Waals surface area contributed by atoms with Gasteiger partial charge in [0.2, 0.25) is 0 Å². The Labute approximate surface area is 105 Å². The van der Waals surface area contributed by atoms with E-state index in [9.17, 15) is 0 Å². The number of rotatable bonds is 3. The SMILES string of the molecule is Clc1cccc(OSC2=CC=CC=CC2)c1. The minimum atomic E-state index is 0.688. The summed E-state index contributed by atoms with van der Waals surface area (Å²) in [6.45, 7) is 0. The van der Waals surface area contributed by atoms with Crippen molar-refractivity contribution in [3.05, 3.63) is 64.6 Å². The van der Waals surface area contributed by atoms with E-state index < -0.39 is 0 Å². The Morgan fingerprint density at radius 3 is 3.00 bits per heavy atom. The lowest BCUT2D eigenvalue weighted by Gasteiger charge is -2.05. The molecule has 0 radical (unpaired) electrons. The molecule has 0 spiro atoms. The molecule has 1 aliphatic carbocycles. The highest BCUT2D eigenvalue weighted by Gasteiger charge is 2.01. The number of hydrogen-bond donors (Lipinski definition) is 0. The molecule has 0 unspecified atom stereocenters. The van der Waals surface area contributed by atoms with Crippen LogP contribution in [-0.2, 0) is 0 Å². The summed E-state index contributed by atoms with van der Waals surface area (Å²) < 4.78 is 5.58. The van der Waals surface area contributed by atoms with Crippen LogP contribution < -0.4 is 4.18 Å². The molecule has 3 heteroatoms. The predicted molar refractivity (Wildman–Crippen MR) is 70.7 cm³/mol. The Morgan fingerprint density at radius 1 is 1.19 bits per heavy atom. The lowest BCUT2D eigenvalue weighted by molar-refractivity contribution is 0.650. The number of halogens is 1. The third kappa shape index (κ3) is 3.47. The van der Waals surface area contributed by atoms with Crippen LogP contribution in [0.4, 0.5) is 0 Å². The minimum Gasteiger partial charge on any atom is -0.421 e. The molecule has 0 aromatic heterocycles. The highest BCUT2D eigenvalue weighted by Crippen LogP contribution is 2.27. The first kappa shape index (κ1) is 11.4. The van der Waals surface area contributed by atoms with Gasteiger partial charge < -0.3 is 4.18 Å². The quantitative estimate of drug-likeness (QED) is 0.715. The highest BCUT2D eigenvalue weighted by molar-refractivity contribution is 7.98. The van der Waals surface area contributed by atoms with E-state index in [0.717, 1.165) is 12.2 Å². The number of benzene rings is 1. The molecule has 0 fully saturated rings. The second kappa shape index (κ2) is 5.83. The van der Waals surface area contributed by atoms with Crippen LogP contribution in [0, 0.1) is 0 Å². The molecular formula is C13H11ClOS. The summed E-state index contributed by atoms with van der Waals surface area (Å²) in [6.07, 6.45) is 11.1. The van der Waals surface area contributed by atoms with E-state index in [1.807, 2.05) is 36.4 Å². The van der Waals surface area contributed by atoms with Gasteiger partial charge in [0.1, 0.15) is 5.75 Å². The molecule has 82 valence electrons. The molecule has 0 bridgehead atoms. The molecule has 0 saturated carbocycles. The molecule has 16 heavy (non-hydrogen) atoms. The van der Waals surface area contributed by atoms with Gasteiger partial charge in [-0.2, -0.15) is 0 Å². The van der Waals surface area contributed by atoms with Gasteiger partial charge in [-0.25, -0.2) is 0 Å². The van der Waals surface area contributed by atoms with Crippen LogP contribution in [0.1, 0.15) is 6.42 Å². The van der Waals surface area contributed by atoms with Crippen molar-refractivity contribution >= 4 is 23.6 Å². The van der Waals surface area contributed by atoms with Crippen LogP contribution in [0.15, 0.2) is 59.6 Å². The van der Waals surface area contributed by atoms with Crippen LogP contribution in [0.5, 0.6) is 5.75 Å². The highest BCUT2D eigenvalue weighted by atomic mass is 35.5. The maximum Gasteiger partial charge on any atom is 0.139 e. The first-order valence-corrected chi connectivity index (χ1v) is 6.09. The fourth-order valence-electron chi connectivity index (χ4n) is 1.24. The summed E-state index contributed by atoms with van der Waals surface area (Å²) in [5, 5.41) is 0.688. The Kier molecular flexibility index (Phi) is 4.14. The van der Waals surface area contributed by atoms with Crippen molar-refractivity contribution in [3.8, 4) is 5.75 Å². The van der Waals surface area contributed by atoms with Gasteiger partial charge in [0.15, 0.2) is 0 Å². The molecule has 0 aliphatic heterocycles. The monoisotopic (exact) mass is 250 g/mol.